The first-order chi connectivity index (χ1) is 9.56. The van der Waals surface area contributed by atoms with E-state index in [2.05, 4.69) is 25.1 Å². The fourth-order valence-electron chi connectivity index (χ4n) is 1.96. The van der Waals surface area contributed by atoms with E-state index in [1.54, 1.807) is 30.0 Å². The first kappa shape index (κ1) is 15.4. The molecule has 0 bridgehead atoms. The third-order valence-corrected chi connectivity index (χ3v) is 4.44. The monoisotopic (exact) mass is 309 g/mol. The fraction of sp³-hybridized carbons (Fsp3) is 0.250. The topological polar surface area (TPSA) is 26.0 Å². The number of hydrogen-bond acceptors (Lipinski definition) is 2. The molecule has 106 valence electrons. The van der Waals surface area contributed by atoms with Gasteiger partial charge in [0, 0.05) is 16.7 Å². The third-order valence-electron chi connectivity index (χ3n) is 2.97. The van der Waals surface area contributed by atoms with Crippen molar-refractivity contribution in [3.63, 3.8) is 0 Å². The van der Waals surface area contributed by atoms with Gasteiger partial charge in [-0.25, -0.2) is 4.39 Å². The molecule has 0 spiro atoms. The fourth-order valence-corrected chi connectivity index (χ4v) is 3.12. The van der Waals surface area contributed by atoms with Crippen molar-refractivity contribution in [2.24, 2.45) is 5.73 Å². The summed E-state index contributed by atoms with van der Waals surface area (Å²) in [7, 11) is 0. The normalized spacial score (nSPS) is 12.4. The van der Waals surface area contributed by atoms with E-state index in [0.29, 0.717) is 12.0 Å². The maximum Gasteiger partial charge on any atom is 0.145 e. The molecule has 0 radical (unpaired) electrons. The minimum atomic E-state index is -0.356. The Morgan fingerprint density at radius 3 is 2.75 bits per heavy atom. The first-order valence-electron chi connectivity index (χ1n) is 6.44. The van der Waals surface area contributed by atoms with Crippen LogP contribution in [0.15, 0.2) is 47.4 Å². The highest BCUT2D eigenvalue weighted by Gasteiger charge is 2.11. The molecule has 2 aromatic rings. The van der Waals surface area contributed by atoms with Gasteiger partial charge in [-0.1, -0.05) is 41.4 Å². The molecule has 1 unspecified atom stereocenters. The van der Waals surface area contributed by atoms with Crippen LogP contribution in [-0.2, 0) is 6.42 Å². The van der Waals surface area contributed by atoms with E-state index in [-0.39, 0.29) is 16.9 Å². The minimum Gasteiger partial charge on any atom is -0.327 e. The Morgan fingerprint density at radius 1 is 1.25 bits per heavy atom. The second-order valence-electron chi connectivity index (χ2n) is 4.80. The van der Waals surface area contributed by atoms with Crippen molar-refractivity contribution < 1.29 is 4.39 Å². The molecule has 2 aromatic carbocycles. The zero-order valence-electron chi connectivity index (χ0n) is 11.3. The molecule has 0 saturated carbocycles. The number of benzene rings is 2. The van der Waals surface area contributed by atoms with Gasteiger partial charge >= 0.3 is 0 Å². The van der Waals surface area contributed by atoms with Crippen molar-refractivity contribution in [1.82, 2.24) is 0 Å². The second kappa shape index (κ2) is 7.11. The van der Waals surface area contributed by atoms with Crippen molar-refractivity contribution in [3.8, 4) is 0 Å². The van der Waals surface area contributed by atoms with Crippen LogP contribution in [0.1, 0.15) is 11.1 Å². The number of hydrogen-bond donors (Lipinski definition) is 1. The molecule has 0 aliphatic carbocycles. The van der Waals surface area contributed by atoms with Crippen LogP contribution < -0.4 is 5.73 Å². The van der Waals surface area contributed by atoms with Gasteiger partial charge in [-0.05, 0) is 37.1 Å². The van der Waals surface area contributed by atoms with E-state index in [1.165, 1.54) is 10.5 Å². The molecule has 0 aliphatic rings. The molecule has 1 nitrogen and oxygen atoms in total. The summed E-state index contributed by atoms with van der Waals surface area (Å²) in [6.45, 7) is 2.06. The minimum absolute atomic E-state index is 0.103. The summed E-state index contributed by atoms with van der Waals surface area (Å²) in [6, 6.07) is 13.2. The second-order valence-corrected chi connectivity index (χ2v) is 6.31. The predicted molar refractivity (Wildman–Crippen MR) is 85.0 cm³/mol. The van der Waals surface area contributed by atoms with E-state index in [0.717, 1.165) is 5.75 Å². The predicted octanol–water partition coefficient (Wildman–Crippen LogP) is 4.45. The number of nitrogens with two attached hydrogens (primary N) is 1. The molecule has 0 saturated heterocycles. The van der Waals surface area contributed by atoms with Gasteiger partial charge in [0.15, 0.2) is 0 Å². The Bertz CT molecular complexity index is 588. The Balaban J connectivity index is 1.92. The van der Waals surface area contributed by atoms with Crippen molar-refractivity contribution >= 4 is 23.4 Å². The van der Waals surface area contributed by atoms with E-state index in [4.69, 9.17) is 17.3 Å². The van der Waals surface area contributed by atoms with Crippen LogP contribution in [0.5, 0.6) is 0 Å². The van der Waals surface area contributed by atoms with Crippen molar-refractivity contribution in [1.29, 1.82) is 0 Å². The van der Waals surface area contributed by atoms with Crippen LogP contribution in [0.4, 0.5) is 4.39 Å². The van der Waals surface area contributed by atoms with Gasteiger partial charge in [0.2, 0.25) is 0 Å². The van der Waals surface area contributed by atoms with Crippen LogP contribution in [0.2, 0.25) is 5.02 Å². The molecule has 0 heterocycles. The van der Waals surface area contributed by atoms with Crippen LogP contribution >= 0.6 is 23.4 Å². The van der Waals surface area contributed by atoms with Gasteiger partial charge in [-0.3, -0.25) is 0 Å². The largest absolute Gasteiger partial charge is 0.327 e. The molecule has 4 heteroatoms. The zero-order valence-corrected chi connectivity index (χ0v) is 12.8. The SMILES string of the molecule is Cc1cccc(SCC(N)Cc2cccc(Cl)c2F)c1. The number of aryl methyl sites for hydroxylation is 1. The molecule has 0 fully saturated rings. The molecule has 2 N–H and O–H groups in total. The van der Waals surface area contributed by atoms with E-state index >= 15 is 0 Å². The van der Waals surface area contributed by atoms with Gasteiger partial charge in [0.1, 0.15) is 5.82 Å². The quantitative estimate of drug-likeness (QED) is 0.826. The van der Waals surface area contributed by atoms with Crippen LogP contribution in [0, 0.1) is 12.7 Å². The summed E-state index contributed by atoms with van der Waals surface area (Å²) in [4.78, 5) is 1.19. The summed E-state index contributed by atoms with van der Waals surface area (Å²) in [5.41, 5.74) is 7.88. The van der Waals surface area contributed by atoms with Crippen LogP contribution in [0.3, 0.4) is 0 Å². The summed E-state index contributed by atoms with van der Waals surface area (Å²) >= 11 is 7.46. The standard InChI is InChI=1S/C16H17ClFNS/c1-11-4-2-6-14(8-11)20-10-13(19)9-12-5-3-7-15(17)16(12)18/h2-8,13H,9-10,19H2,1H3. The first-order valence-corrected chi connectivity index (χ1v) is 7.80. The molecule has 0 aliphatic heterocycles. The number of halogens is 2. The molecule has 20 heavy (non-hydrogen) atoms. The molecular formula is C16H17ClFNS. The number of thioether (sulfide) groups is 1. The lowest BCUT2D eigenvalue weighted by atomic mass is 10.1. The summed E-state index contributed by atoms with van der Waals surface area (Å²) in [6.07, 6.45) is 0.491. The summed E-state index contributed by atoms with van der Waals surface area (Å²) in [5.74, 6) is 0.389. The highest BCUT2D eigenvalue weighted by Crippen LogP contribution is 2.22. The third kappa shape index (κ3) is 4.23. The lowest BCUT2D eigenvalue weighted by Gasteiger charge is -2.12. The van der Waals surface area contributed by atoms with Crippen molar-refractivity contribution in [3.05, 3.63) is 64.4 Å². The average Bonchev–Trinajstić information content (AvgIpc) is 2.42. The van der Waals surface area contributed by atoms with Crippen molar-refractivity contribution in [2.45, 2.75) is 24.3 Å². The molecule has 1 atom stereocenters. The van der Waals surface area contributed by atoms with Gasteiger partial charge < -0.3 is 5.73 Å². The maximum atomic E-state index is 13.8. The molecule has 0 amide bonds. The van der Waals surface area contributed by atoms with E-state index in [9.17, 15) is 4.39 Å². The Kier molecular flexibility index (Phi) is 5.46. The molecule has 0 aromatic heterocycles. The Morgan fingerprint density at radius 2 is 2.00 bits per heavy atom. The Hall–Kier alpha value is -1.03. The van der Waals surface area contributed by atoms with Gasteiger partial charge in [0.05, 0.1) is 5.02 Å². The van der Waals surface area contributed by atoms with E-state index < -0.39 is 0 Å². The smallest absolute Gasteiger partial charge is 0.145 e. The summed E-state index contributed by atoms with van der Waals surface area (Å²) < 4.78 is 13.8. The highest BCUT2D eigenvalue weighted by molar-refractivity contribution is 7.99. The maximum absolute atomic E-state index is 13.8. The van der Waals surface area contributed by atoms with E-state index in [1.807, 2.05) is 6.07 Å². The average molecular weight is 310 g/mol. The molecular weight excluding hydrogens is 293 g/mol. The summed E-state index contributed by atoms with van der Waals surface area (Å²) in [5, 5.41) is 0.154. The Labute approximate surface area is 128 Å². The molecule has 2 rings (SSSR count). The van der Waals surface area contributed by atoms with Gasteiger partial charge in [-0.15, -0.1) is 11.8 Å². The van der Waals surface area contributed by atoms with Gasteiger partial charge in [-0.2, -0.15) is 0 Å². The lowest BCUT2D eigenvalue weighted by Crippen LogP contribution is -2.26. The van der Waals surface area contributed by atoms with Crippen LogP contribution in [-0.4, -0.2) is 11.8 Å². The van der Waals surface area contributed by atoms with Crippen molar-refractivity contribution in [2.75, 3.05) is 5.75 Å². The van der Waals surface area contributed by atoms with Gasteiger partial charge in [0.25, 0.3) is 0 Å². The number of rotatable bonds is 5. The zero-order chi connectivity index (χ0) is 14.5. The lowest BCUT2D eigenvalue weighted by molar-refractivity contribution is 0.598. The van der Waals surface area contributed by atoms with Crippen LogP contribution in [0.25, 0.3) is 0 Å². The highest BCUT2D eigenvalue weighted by atomic mass is 35.5.